The van der Waals surface area contributed by atoms with Gasteiger partial charge in [0, 0.05) is 35.7 Å². The maximum Gasteiger partial charge on any atom is 0.318 e. The van der Waals surface area contributed by atoms with Gasteiger partial charge in [0.25, 0.3) is 11.4 Å². The summed E-state index contributed by atoms with van der Waals surface area (Å²) in [4.78, 5) is 48.6. The van der Waals surface area contributed by atoms with Crippen LogP contribution in [0.5, 0.6) is 11.5 Å². The number of nitrogens with zero attached hydrogens (tertiary/aromatic N) is 6. The minimum Gasteiger partial charge on any atom is -0.502 e. The van der Waals surface area contributed by atoms with Gasteiger partial charge in [0.2, 0.25) is 11.5 Å². The van der Waals surface area contributed by atoms with Gasteiger partial charge in [-0.25, -0.2) is 0 Å². The highest BCUT2D eigenvalue weighted by atomic mass is 16.6. The van der Waals surface area contributed by atoms with Crippen LogP contribution >= 0.6 is 0 Å². The summed E-state index contributed by atoms with van der Waals surface area (Å²) in [6.45, 7) is 0. The lowest BCUT2D eigenvalue weighted by Gasteiger charge is -2.06. The SMILES string of the molecule is Nc1cc(N)c(N=Cc2cc([N+](=O)[O-])cc([N+](=O)[O-])c2O)cc1N=Cc1cc([N+](=O)[O-])cc([N+](=O)[O-])c1O. The van der Waals surface area contributed by atoms with Gasteiger partial charge >= 0.3 is 11.4 Å². The molecule has 0 fully saturated rings. The predicted octanol–water partition coefficient (Wildman–Crippen LogP) is 3.40. The minimum atomic E-state index is -1.02. The number of rotatable bonds is 8. The quantitative estimate of drug-likeness (QED) is 0.142. The van der Waals surface area contributed by atoms with Crippen LogP contribution in [0.2, 0.25) is 0 Å². The zero-order valence-corrected chi connectivity index (χ0v) is 18.6. The number of benzene rings is 3. The summed E-state index contributed by atoms with van der Waals surface area (Å²) >= 11 is 0. The van der Waals surface area contributed by atoms with E-state index in [1.807, 2.05) is 0 Å². The van der Waals surface area contributed by atoms with Crippen LogP contribution in [0.15, 0.2) is 46.4 Å². The zero-order chi connectivity index (χ0) is 28.3. The molecule has 0 aromatic heterocycles. The van der Waals surface area contributed by atoms with Gasteiger partial charge in [-0.05, 0) is 12.1 Å². The fourth-order valence-corrected chi connectivity index (χ4v) is 3.05. The van der Waals surface area contributed by atoms with E-state index in [1.54, 1.807) is 0 Å². The van der Waals surface area contributed by atoms with Crippen molar-refractivity contribution in [2.24, 2.45) is 9.98 Å². The molecule has 18 nitrogen and oxygen atoms in total. The monoisotopic (exact) mass is 526 g/mol. The molecule has 0 bridgehead atoms. The smallest absolute Gasteiger partial charge is 0.318 e. The first-order valence-corrected chi connectivity index (χ1v) is 9.88. The highest BCUT2D eigenvalue weighted by Crippen LogP contribution is 2.37. The van der Waals surface area contributed by atoms with Crippen LogP contribution in [-0.2, 0) is 0 Å². The maximum absolute atomic E-state index is 11.1. The number of nitro groups is 4. The predicted molar refractivity (Wildman–Crippen MR) is 133 cm³/mol. The van der Waals surface area contributed by atoms with E-state index < -0.39 is 53.9 Å². The number of nitro benzene ring substituents is 4. The zero-order valence-electron chi connectivity index (χ0n) is 18.6. The highest BCUT2D eigenvalue weighted by Gasteiger charge is 2.24. The molecule has 0 radical (unpaired) electrons. The van der Waals surface area contributed by atoms with Crippen LogP contribution in [0.1, 0.15) is 11.1 Å². The maximum atomic E-state index is 11.1. The van der Waals surface area contributed by atoms with Crippen molar-refractivity contribution < 1.29 is 29.9 Å². The van der Waals surface area contributed by atoms with Crippen molar-refractivity contribution in [1.29, 1.82) is 0 Å². The Morgan fingerprint density at radius 2 is 0.974 bits per heavy atom. The van der Waals surface area contributed by atoms with Crippen molar-refractivity contribution >= 4 is 57.9 Å². The fraction of sp³-hybridized carbons (Fsp3) is 0. The molecule has 0 saturated heterocycles. The number of nitrogen functional groups attached to an aromatic ring is 2. The van der Waals surface area contributed by atoms with E-state index in [9.17, 15) is 50.7 Å². The van der Waals surface area contributed by atoms with Crippen molar-refractivity contribution in [3.05, 3.63) is 88.0 Å². The molecule has 38 heavy (non-hydrogen) atoms. The van der Waals surface area contributed by atoms with E-state index >= 15 is 0 Å². The Labute approximate surface area is 209 Å². The molecule has 0 aliphatic carbocycles. The second-order valence-electron chi connectivity index (χ2n) is 7.32. The van der Waals surface area contributed by atoms with Gasteiger partial charge in [-0.3, -0.25) is 50.4 Å². The average Bonchev–Trinajstić information content (AvgIpc) is 2.83. The highest BCUT2D eigenvalue weighted by molar-refractivity contribution is 5.93. The van der Waals surface area contributed by atoms with Gasteiger partial charge in [0.15, 0.2) is 0 Å². The van der Waals surface area contributed by atoms with Gasteiger partial charge in [-0.1, -0.05) is 0 Å². The van der Waals surface area contributed by atoms with Crippen LogP contribution in [0.3, 0.4) is 0 Å². The molecule has 0 aliphatic rings. The number of aromatic hydroxyl groups is 2. The van der Waals surface area contributed by atoms with Crippen molar-refractivity contribution in [2.45, 2.75) is 0 Å². The molecule has 0 atom stereocenters. The number of non-ortho nitro benzene ring substituents is 2. The Hall–Kier alpha value is -6.20. The number of nitrogens with two attached hydrogens (primary N) is 2. The summed E-state index contributed by atoms with van der Waals surface area (Å²) < 4.78 is 0. The average molecular weight is 526 g/mol. The third-order valence-electron chi connectivity index (χ3n) is 4.88. The van der Waals surface area contributed by atoms with Gasteiger partial charge in [-0.2, -0.15) is 0 Å². The first kappa shape index (κ1) is 26.4. The summed E-state index contributed by atoms with van der Waals surface area (Å²) in [6, 6.07) is 5.22. The Morgan fingerprint density at radius 1 is 0.605 bits per heavy atom. The van der Waals surface area contributed by atoms with Gasteiger partial charge in [0.1, 0.15) is 0 Å². The van der Waals surface area contributed by atoms with Gasteiger partial charge in [-0.15, -0.1) is 0 Å². The number of aliphatic imine (C=N–C) groups is 2. The second-order valence-corrected chi connectivity index (χ2v) is 7.32. The van der Waals surface area contributed by atoms with Crippen LogP contribution in [0, 0.1) is 40.5 Å². The molecule has 194 valence electrons. The molecular weight excluding hydrogens is 512 g/mol. The second kappa shape index (κ2) is 10.2. The molecular formula is C20H14N8O10. The number of anilines is 2. The van der Waals surface area contributed by atoms with E-state index in [0.29, 0.717) is 12.1 Å². The van der Waals surface area contributed by atoms with Crippen molar-refractivity contribution in [1.82, 2.24) is 0 Å². The van der Waals surface area contributed by atoms with Gasteiger partial charge in [0.05, 0.1) is 54.6 Å². The topological polar surface area (TPSA) is 290 Å². The number of phenols is 2. The third-order valence-corrected chi connectivity index (χ3v) is 4.88. The third kappa shape index (κ3) is 5.38. The lowest BCUT2D eigenvalue weighted by Crippen LogP contribution is -1.97. The van der Waals surface area contributed by atoms with E-state index in [2.05, 4.69) is 9.98 Å². The summed E-state index contributed by atoms with van der Waals surface area (Å²) in [5, 5.41) is 64.7. The first-order valence-electron chi connectivity index (χ1n) is 9.88. The largest absolute Gasteiger partial charge is 0.502 e. The molecule has 6 N–H and O–H groups in total. The molecule has 0 heterocycles. The van der Waals surface area contributed by atoms with E-state index in [4.69, 9.17) is 11.5 Å². The Morgan fingerprint density at radius 3 is 1.29 bits per heavy atom. The number of hydrogen-bond donors (Lipinski definition) is 4. The summed E-state index contributed by atoms with van der Waals surface area (Å²) in [6.07, 6.45) is 1.75. The van der Waals surface area contributed by atoms with Crippen LogP contribution in [0.25, 0.3) is 0 Å². The molecule has 0 unspecified atom stereocenters. The van der Waals surface area contributed by atoms with Crippen molar-refractivity contribution in [3.63, 3.8) is 0 Å². The summed E-state index contributed by atoms with van der Waals surface area (Å²) in [5.41, 5.74) is 7.58. The lowest BCUT2D eigenvalue weighted by molar-refractivity contribution is -0.395. The molecule has 18 heteroatoms. The molecule has 0 spiro atoms. The van der Waals surface area contributed by atoms with Crippen molar-refractivity contribution in [3.8, 4) is 11.5 Å². The summed E-state index contributed by atoms with van der Waals surface area (Å²) in [7, 11) is 0. The van der Waals surface area contributed by atoms with E-state index in [1.165, 1.54) is 12.1 Å². The van der Waals surface area contributed by atoms with Gasteiger partial charge < -0.3 is 21.7 Å². The Balaban J connectivity index is 2.06. The van der Waals surface area contributed by atoms with Crippen LogP contribution in [0.4, 0.5) is 45.5 Å². The normalized spacial score (nSPS) is 11.2. The lowest BCUT2D eigenvalue weighted by atomic mass is 10.1. The molecule has 3 rings (SSSR count). The molecule has 0 saturated carbocycles. The van der Waals surface area contributed by atoms with E-state index in [-0.39, 0.29) is 33.9 Å². The molecule has 0 aliphatic heterocycles. The summed E-state index contributed by atoms with van der Waals surface area (Å²) in [5.74, 6) is -1.78. The minimum absolute atomic E-state index is 0.0362. The first-order chi connectivity index (χ1) is 17.8. The molecule has 3 aromatic carbocycles. The van der Waals surface area contributed by atoms with Crippen LogP contribution < -0.4 is 11.5 Å². The molecule has 3 aromatic rings. The molecule has 0 amide bonds. The van der Waals surface area contributed by atoms with E-state index in [0.717, 1.165) is 24.6 Å². The fourth-order valence-electron chi connectivity index (χ4n) is 3.05. The number of phenolic OH excluding ortho intramolecular Hbond substituents is 2. The number of hydrogen-bond acceptors (Lipinski definition) is 14. The Bertz CT molecular complexity index is 1470. The van der Waals surface area contributed by atoms with Crippen LogP contribution in [-0.4, -0.2) is 42.3 Å². The Kier molecular flexibility index (Phi) is 7.08. The van der Waals surface area contributed by atoms with Crippen molar-refractivity contribution in [2.75, 3.05) is 11.5 Å². The standard InChI is InChI=1S/C20H14N8O10/c21-13-5-14(22)16(24-8-10-2-12(26(33)34)4-18(20(10)30)28(37)38)6-15(13)23-7-9-1-11(25(31)32)3-17(19(9)29)27(35)36/h1-8,29-30H,21-22H2.